The number of furan rings is 1. The van der Waals surface area contributed by atoms with Crippen LogP contribution < -0.4 is 15.8 Å². The van der Waals surface area contributed by atoms with E-state index in [0.29, 0.717) is 22.6 Å². The van der Waals surface area contributed by atoms with Gasteiger partial charge in [0.15, 0.2) is 5.76 Å². The highest BCUT2D eigenvalue weighted by atomic mass is 16.5. The molecule has 1 heterocycles. The maximum Gasteiger partial charge on any atom is 0.230 e. The van der Waals surface area contributed by atoms with E-state index in [-0.39, 0.29) is 17.4 Å². The molecule has 128 valence electrons. The second-order valence-electron chi connectivity index (χ2n) is 5.97. The number of benzene rings is 2. The maximum atomic E-state index is 13.1. The summed E-state index contributed by atoms with van der Waals surface area (Å²) in [5, 5.41) is 3.68. The number of rotatable bonds is 5. The summed E-state index contributed by atoms with van der Waals surface area (Å²) in [4.78, 5) is 13.1. The van der Waals surface area contributed by atoms with Gasteiger partial charge in [0.2, 0.25) is 5.78 Å². The van der Waals surface area contributed by atoms with E-state index in [4.69, 9.17) is 14.9 Å². The van der Waals surface area contributed by atoms with Crippen LogP contribution in [0.1, 0.15) is 27.2 Å². The normalized spacial score (nSPS) is 10.7. The van der Waals surface area contributed by atoms with Gasteiger partial charge in [0.05, 0.1) is 18.6 Å². The van der Waals surface area contributed by atoms with Gasteiger partial charge in [0, 0.05) is 17.0 Å². The van der Waals surface area contributed by atoms with E-state index in [9.17, 15) is 4.79 Å². The molecule has 3 aromatic rings. The molecule has 5 nitrogen and oxygen atoms in total. The highest BCUT2D eigenvalue weighted by Crippen LogP contribution is 2.35. The van der Waals surface area contributed by atoms with Crippen molar-refractivity contribution in [3.05, 3.63) is 71.2 Å². The lowest BCUT2D eigenvalue weighted by Crippen LogP contribution is -2.11. The smallest absolute Gasteiger partial charge is 0.230 e. The average molecular weight is 336 g/mol. The SMILES string of the molecule is C=C(N)Nc1c(C(=O)c2ccc(C)cc2C)oc2cc(OC)ccc12. The van der Waals surface area contributed by atoms with Gasteiger partial charge in [-0.3, -0.25) is 4.79 Å². The van der Waals surface area contributed by atoms with Crippen molar-refractivity contribution in [1.29, 1.82) is 0 Å². The highest BCUT2D eigenvalue weighted by molar-refractivity contribution is 6.15. The Hall–Kier alpha value is -3.21. The molecule has 0 aliphatic carbocycles. The minimum atomic E-state index is -0.212. The molecule has 25 heavy (non-hydrogen) atoms. The number of ether oxygens (including phenoxy) is 1. The van der Waals surface area contributed by atoms with Crippen molar-refractivity contribution in [2.75, 3.05) is 12.4 Å². The second-order valence-corrected chi connectivity index (χ2v) is 5.97. The van der Waals surface area contributed by atoms with Crippen LogP contribution in [0.4, 0.5) is 5.69 Å². The molecule has 3 rings (SSSR count). The quantitative estimate of drug-likeness (QED) is 0.685. The zero-order valence-electron chi connectivity index (χ0n) is 14.5. The van der Waals surface area contributed by atoms with Crippen LogP contribution in [0, 0.1) is 13.8 Å². The second kappa shape index (κ2) is 6.36. The molecule has 0 unspecified atom stereocenters. The minimum absolute atomic E-state index is 0.196. The first-order valence-corrected chi connectivity index (χ1v) is 7.84. The fraction of sp³-hybridized carbons (Fsp3) is 0.150. The molecule has 0 amide bonds. The Labute approximate surface area is 146 Å². The number of aryl methyl sites for hydroxylation is 2. The molecule has 0 radical (unpaired) electrons. The van der Waals surface area contributed by atoms with Crippen LogP contribution in [0.15, 0.2) is 53.2 Å². The fourth-order valence-corrected chi connectivity index (χ4v) is 2.84. The van der Waals surface area contributed by atoms with Crippen molar-refractivity contribution in [2.24, 2.45) is 5.73 Å². The molecule has 0 saturated carbocycles. The summed E-state index contributed by atoms with van der Waals surface area (Å²) in [6, 6.07) is 11.0. The molecular formula is C20H20N2O3. The Morgan fingerprint density at radius 2 is 1.96 bits per heavy atom. The summed E-state index contributed by atoms with van der Waals surface area (Å²) in [6.45, 7) is 7.55. The summed E-state index contributed by atoms with van der Waals surface area (Å²) < 4.78 is 11.1. The first-order chi connectivity index (χ1) is 11.9. The predicted molar refractivity (Wildman–Crippen MR) is 99.1 cm³/mol. The molecule has 0 fully saturated rings. The van der Waals surface area contributed by atoms with E-state index in [1.54, 1.807) is 19.2 Å². The van der Waals surface area contributed by atoms with Gasteiger partial charge in [-0.1, -0.05) is 30.3 Å². The Balaban J connectivity index is 2.19. The first kappa shape index (κ1) is 16.6. The van der Waals surface area contributed by atoms with Gasteiger partial charge >= 0.3 is 0 Å². The number of nitrogens with one attached hydrogen (secondary N) is 1. The van der Waals surface area contributed by atoms with Crippen molar-refractivity contribution < 1.29 is 13.9 Å². The number of carbonyl (C=O) groups excluding carboxylic acids is 1. The number of anilines is 1. The number of methoxy groups -OCH3 is 1. The van der Waals surface area contributed by atoms with E-state index in [2.05, 4.69) is 11.9 Å². The summed E-state index contributed by atoms with van der Waals surface area (Å²) in [6.07, 6.45) is 0. The van der Waals surface area contributed by atoms with E-state index >= 15 is 0 Å². The van der Waals surface area contributed by atoms with Gasteiger partial charge in [0.25, 0.3) is 0 Å². The number of ketones is 1. The van der Waals surface area contributed by atoms with Crippen LogP contribution >= 0.6 is 0 Å². The Morgan fingerprint density at radius 3 is 2.60 bits per heavy atom. The van der Waals surface area contributed by atoms with Gasteiger partial charge in [-0.15, -0.1) is 0 Å². The van der Waals surface area contributed by atoms with Crippen LogP contribution in [0.3, 0.4) is 0 Å². The lowest BCUT2D eigenvalue weighted by molar-refractivity contribution is 0.101. The van der Waals surface area contributed by atoms with Crippen LogP contribution in [0.2, 0.25) is 0 Å². The Bertz CT molecular complexity index is 986. The number of hydrogen-bond acceptors (Lipinski definition) is 5. The van der Waals surface area contributed by atoms with Gasteiger partial charge < -0.3 is 20.2 Å². The van der Waals surface area contributed by atoms with Crippen LogP contribution in [-0.4, -0.2) is 12.9 Å². The van der Waals surface area contributed by atoms with Crippen molar-refractivity contribution >= 4 is 22.4 Å². The largest absolute Gasteiger partial charge is 0.497 e. The molecule has 0 saturated heterocycles. The average Bonchev–Trinajstić information content (AvgIpc) is 2.91. The molecule has 2 aromatic carbocycles. The standard InChI is InChI=1S/C20H20N2O3/c1-11-5-7-15(12(2)9-11)19(23)20-18(22-13(3)21)16-8-6-14(24-4)10-17(16)25-20/h5-10,22H,3,21H2,1-2,4H3. The molecule has 0 spiro atoms. The zero-order valence-corrected chi connectivity index (χ0v) is 14.5. The molecule has 3 N–H and O–H groups in total. The van der Waals surface area contributed by atoms with Gasteiger partial charge in [-0.2, -0.15) is 0 Å². The minimum Gasteiger partial charge on any atom is -0.497 e. The van der Waals surface area contributed by atoms with E-state index in [0.717, 1.165) is 16.5 Å². The first-order valence-electron chi connectivity index (χ1n) is 7.84. The predicted octanol–water partition coefficient (Wildman–Crippen LogP) is 4.13. The molecule has 0 aliphatic heterocycles. The van der Waals surface area contributed by atoms with E-state index in [1.807, 2.05) is 38.1 Å². The Morgan fingerprint density at radius 1 is 1.20 bits per heavy atom. The van der Waals surface area contributed by atoms with Crippen molar-refractivity contribution in [3.63, 3.8) is 0 Å². The third-order valence-electron chi connectivity index (χ3n) is 4.02. The van der Waals surface area contributed by atoms with Gasteiger partial charge in [-0.05, 0) is 31.5 Å². The number of fused-ring (bicyclic) bond motifs is 1. The molecular weight excluding hydrogens is 316 g/mol. The monoisotopic (exact) mass is 336 g/mol. The number of nitrogens with two attached hydrogens (primary N) is 1. The van der Waals surface area contributed by atoms with Crippen molar-refractivity contribution in [3.8, 4) is 5.75 Å². The number of hydrogen-bond donors (Lipinski definition) is 2. The fourth-order valence-electron chi connectivity index (χ4n) is 2.84. The van der Waals surface area contributed by atoms with E-state index in [1.165, 1.54) is 0 Å². The lowest BCUT2D eigenvalue weighted by atomic mass is 10.00. The van der Waals surface area contributed by atoms with E-state index < -0.39 is 0 Å². The van der Waals surface area contributed by atoms with Crippen LogP contribution in [0.25, 0.3) is 11.0 Å². The molecule has 0 aliphatic rings. The third kappa shape index (κ3) is 3.08. The Kier molecular flexibility index (Phi) is 4.23. The molecule has 1 aromatic heterocycles. The summed E-state index contributed by atoms with van der Waals surface area (Å²) in [5.41, 5.74) is 9.32. The topological polar surface area (TPSA) is 77.5 Å². The summed E-state index contributed by atoms with van der Waals surface area (Å²) in [5.74, 6) is 0.858. The zero-order chi connectivity index (χ0) is 18.1. The summed E-state index contributed by atoms with van der Waals surface area (Å²) >= 11 is 0. The van der Waals surface area contributed by atoms with Crippen molar-refractivity contribution in [2.45, 2.75) is 13.8 Å². The molecule has 5 heteroatoms. The van der Waals surface area contributed by atoms with Gasteiger partial charge in [-0.25, -0.2) is 0 Å². The number of carbonyl (C=O) groups is 1. The lowest BCUT2D eigenvalue weighted by Gasteiger charge is -2.08. The summed E-state index contributed by atoms with van der Waals surface area (Å²) in [7, 11) is 1.58. The van der Waals surface area contributed by atoms with Crippen LogP contribution in [0.5, 0.6) is 5.75 Å². The van der Waals surface area contributed by atoms with Gasteiger partial charge in [0.1, 0.15) is 11.3 Å². The molecule has 0 atom stereocenters. The maximum absolute atomic E-state index is 13.1. The van der Waals surface area contributed by atoms with Crippen LogP contribution in [-0.2, 0) is 0 Å². The molecule has 0 bridgehead atoms. The highest BCUT2D eigenvalue weighted by Gasteiger charge is 2.23. The third-order valence-corrected chi connectivity index (χ3v) is 4.02. The van der Waals surface area contributed by atoms with Crippen molar-refractivity contribution in [1.82, 2.24) is 0 Å².